The van der Waals surface area contributed by atoms with E-state index in [1.807, 2.05) is 145 Å². The van der Waals surface area contributed by atoms with Gasteiger partial charge in [0.2, 0.25) is 0 Å². The molecule has 0 unspecified atom stereocenters. The number of halogens is 4. The largest absolute Gasteiger partial charge is 0.368 e. The van der Waals surface area contributed by atoms with E-state index in [0.29, 0.717) is 142 Å². The van der Waals surface area contributed by atoms with Crippen molar-refractivity contribution in [3.05, 3.63) is 201 Å². The van der Waals surface area contributed by atoms with E-state index in [0.717, 1.165) is 111 Å². The summed E-state index contributed by atoms with van der Waals surface area (Å²) in [4.78, 5) is 44.6. The van der Waals surface area contributed by atoms with Gasteiger partial charge in [0.15, 0.2) is 46.0 Å². The third-order valence-electron chi connectivity index (χ3n) is 22.6. The number of aromatic nitrogens is 28. The molecule has 4 aromatic carbocycles. The Balaban J connectivity index is 0.000000122. The van der Waals surface area contributed by atoms with Crippen LogP contribution >= 0.6 is 46.4 Å². The predicted octanol–water partition coefficient (Wildman–Crippen LogP) is 16.0. The number of aryl methyl sites for hydroxylation is 6. The van der Waals surface area contributed by atoms with Crippen molar-refractivity contribution < 1.29 is 0 Å². The van der Waals surface area contributed by atoms with Gasteiger partial charge in [-0.1, -0.05) is 78.5 Å². The first-order valence-electron chi connectivity index (χ1n) is 42.1. The van der Waals surface area contributed by atoms with Crippen LogP contribution < -0.4 is 21.3 Å². The van der Waals surface area contributed by atoms with Gasteiger partial charge in [-0.3, -0.25) is 43.8 Å². The van der Waals surface area contributed by atoms with E-state index in [1.54, 1.807) is 72.9 Å². The average Bonchev–Trinajstić information content (AvgIpc) is 1.76. The molecule has 0 atom stereocenters. The number of anilines is 4. The first kappa shape index (κ1) is 87.7. The molecule has 658 valence electrons. The third kappa shape index (κ3) is 19.9. The van der Waals surface area contributed by atoms with Crippen molar-refractivity contribution in [3.8, 4) is 115 Å². The molecule has 1 saturated heterocycles. The highest BCUT2D eigenvalue weighted by Crippen LogP contribution is 2.41. The monoisotopic (exact) mass is 1820 g/mol. The number of piperidine rings is 1. The fourth-order valence-electron chi connectivity index (χ4n) is 15.9. The number of aromatic amines is 4. The molecule has 37 nitrogen and oxygen atoms in total. The lowest BCUT2D eigenvalue weighted by Crippen LogP contribution is -2.30. The van der Waals surface area contributed by atoms with Crippen LogP contribution in [0.2, 0.25) is 20.1 Å². The summed E-state index contributed by atoms with van der Waals surface area (Å²) in [5.41, 5.74) is 15.6. The summed E-state index contributed by atoms with van der Waals surface area (Å²) < 4.78 is 10.4. The zero-order valence-electron chi connectivity index (χ0n) is 72.1. The molecule has 14 aromatic heterocycles. The summed E-state index contributed by atoms with van der Waals surface area (Å²) >= 11 is 25.9. The zero-order valence-corrected chi connectivity index (χ0v) is 75.1. The molecular formula is C90H85Cl4N37. The maximum absolute atomic E-state index is 9.87. The summed E-state index contributed by atoms with van der Waals surface area (Å²) in [5, 5.41) is 108. The Morgan fingerprint density at radius 2 is 0.718 bits per heavy atom. The number of nitrogens with zero attached hydrogens (tertiary/aromatic N) is 29. The molecule has 18 aromatic rings. The van der Waals surface area contributed by atoms with E-state index in [2.05, 4.69) is 139 Å². The van der Waals surface area contributed by atoms with Gasteiger partial charge in [0.25, 0.3) is 0 Å². The lowest BCUT2D eigenvalue weighted by Gasteiger charge is -2.28. The van der Waals surface area contributed by atoms with Gasteiger partial charge in [-0.25, -0.2) is 44.9 Å². The second-order valence-electron chi connectivity index (χ2n) is 32.0. The number of benzene rings is 4. The van der Waals surface area contributed by atoms with E-state index < -0.39 is 0 Å². The van der Waals surface area contributed by atoms with Crippen molar-refractivity contribution in [1.29, 1.82) is 21.0 Å². The van der Waals surface area contributed by atoms with E-state index in [9.17, 15) is 21.0 Å². The third-order valence-corrected chi connectivity index (χ3v) is 23.8. The Morgan fingerprint density at radius 3 is 1.02 bits per heavy atom. The molecule has 131 heavy (non-hydrogen) atoms. The van der Waals surface area contributed by atoms with Gasteiger partial charge in [0.05, 0.1) is 91.7 Å². The van der Waals surface area contributed by atoms with Crippen LogP contribution in [0.4, 0.5) is 23.3 Å². The Labute approximate surface area is 769 Å². The maximum Gasteiger partial charge on any atom is 0.183 e. The molecule has 1 aliphatic carbocycles. The fourth-order valence-corrected chi connectivity index (χ4v) is 17.0. The molecule has 1 aliphatic heterocycles. The van der Waals surface area contributed by atoms with Gasteiger partial charge < -0.3 is 30.7 Å². The molecule has 0 spiro atoms. The molecule has 15 heterocycles. The summed E-state index contributed by atoms with van der Waals surface area (Å²) in [6, 6.07) is 31.1. The number of hydrogen-bond donors (Lipinski definition) is 8. The number of nitriles is 4. The molecule has 1 saturated carbocycles. The minimum atomic E-state index is 0.166. The lowest BCUT2D eigenvalue weighted by molar-refractivity contribution is 0.215. The number of likely N-dealkylation sites (tertiary alicyclic amines) is 1. The summed E-state index contributed by atoms with van der Waals surface area (Å²) in [6.45, 7) is 4.63. The van der Waals surface area contributed by atoms with Crippen molar-refractivity contribution >= 4 is 113 Å². The second-order valence-corrected chi connectivity index (χ2v) is 33.7. The van der Waals surface area contributed by atoms with Gasteiger partial charge in [0, 0.05) is 148 Å². The Hall–Kier alpha value is -15.4. The fraction of sp³-hybridized carbons (Fsp3) is 0.267. The SMILES string of the molecule is CN1CCC(CCNc2nc(-c3ccn(C)n3)c(-c3cc(Cl)c4[nH]ncc4c3)nc2C#N)CC1.Cn1cc(CNc2nc(-c3ccn(C)n3)c(-c3cc(Cl)c4[nH]ncc4c3)nc2C#N)cn1.Cn1ccc(-c2nc(NCCC3CCCCC3)c(C#N)nc2-c2cc(Cl)c3[nH]ncc3c2)n1.Cn1cnc(CNc2nc(-c3ccn(C)n3)c(-c3cc(Cl)c4[nH]ncc4c3)nc2C#N)c1. The maximum atomic E-state index is 9.87. The van der Waals surface area contributed by atoms with Gasteiger partial charge in [-0.15, -0.1) is 0 Å². The van der Waals surface area contributed by atoms with Crippen LogP contribution in [-0.4, -0.2) is 177 Å². The highest BCUT2D eigenvalue weighted by atomic mass is 35.5. The molecule has 0 bridgehead atoms. The molecule has 20 rings (SSSR count). The smallest absolute Gasteiger partial charge is 0.183 e. The molecule has 8 N–H and O–H groups in total. The van der Waals surface area contributed by atoms with Gasteiger partial charge >= 0.3 is 0 Å². The topological polar surface area (TPSA) is 471 Å². The molecule has 2 fully saturated rings. The van der Waals surface area contributed by atoms with Crippen LogP contribution in [0.25, 0.3) is 134 Å². The summed E-state index contributed by atoms with van der Waals surface area (Å²) in [6.07, 6.45) is 32.5. The Kier molecular flexibility index (Phi) is 26.1. The molecule has 2 aliphatic rings. The predicted molar refractivity (Wildman–Crippen MR) is 500 cm³/mol. The number of rotatable bonds is 22. The summed E-state index contributed by atoms with van der Waals surface area (Å²) in [7, 11) is 13.3. The van der Waals surface area contributed by atoms with E-state index in [1.165, 1.54) is 44.9 Å². The first-order chi connectivity index (χ1) is 63.7. The zero-order chi connectivity index (χ0) is 90.9. The van der Waals surface area contributed by atoms with Crippen LogP contribution in [0.1, 0.15) is 91.8 Å². The van der Waals surface area contributed by atoms with Crippen LogP contribution in [0.15, 0.2) is 147 Å². The molecular weight excluding hydrogens is 1740 g/mol. The van der Waals surface area contributed by atoms with Crippen LogP contribution in [0.5, 0.6) is 0 Å². The lowest BCUT2D eigenvalue weighted by atomic mass is 9.87. The van der Waals surface area contributed by atoms with Crippen molar-refractivity contribution in [2.75, 3.05) is 54.5 Å². The minimum Gasteiger partial charge on any atom is -0.368 e. The summed E-state index contributed by atoms with van der Waals surface area (Å²) in [5.74, 6) is 3.13. The van der Waals surface area contributed by atoms with Crippen molar-refractivity contribution in [2.24, 2.45) is 54.1 Å². The molecule has 0 amide bonds. The highest BCUT2D eigenvalue weighted by molar-refractivity contribution is 6.37. The Morgan fingerprint density at radius 1 is 0.382 bits per heavy atom. The van der Waals surface area contributed by atoms with E-state index >= 15 is 0 Å². The Bertz CT molecular complexity index is 7170. The number of hydrogen-bond acceptors (Lipinski definition) is 27. The molecule has 41 heteroatoms. The van der Waals surface area contributed by atoms with Gasteiger partial charge in [-0.2, -0.15) is 66.9 Å². The van der Waals surface area contributed by atoms with Crippen LogP contribution in [-0.2, 0) is 55.4 Å². The first-order valence-corrected chi connectivity index (χ1v) is 43.6. The van der Waals surface area contributed by atoms with Gasteiger partial charge in [-0.05, 0) is 130 Å². The van der Waals surface area contributed by atoms with Crippen molar-refractivity contribution in [3.63, 3.8) is 0 Å². The number of imidazole rings is 1. The second kappa shape index (κ2) is 39.1. The standard InChI is InChI=1S/C24H26ClN9.C24H25ClN8.2C21H17ClN10/c1-33-8-4-15(5-9-33)3-7-27-24-20(13-26)29-22(23(30-24)19-6-10-34(2)32-19)16-11-17-14-28-31-21(17)18(25)12-16;1-33-10-8-19(32-33)23-22(16-11-17-14-28-31-21(17)18(25)12-16)29-20(13-26)24(30-23)27-9-7-15-5-3-2-4-6-15;1-31-4-3-16(30-31)20-19(13-5-14-10-25-29-18(14)15(22)6-13)27-17(7-23)21(28-20)24-8-12-9-26-32(2)11-12;1-31-10-14(25-11-31)9-24-21-17(7-23)27-19(20(28-21)16-3-4-32(2)30-16)12-5-13-8-26-29-18(13)15(22)6-12/h6,10-12,14-15H,3-5,7-9H2,1-2H3,(H,27,30)(H,28,31);8,10-12,14-15H,2-7,9H2,1H3,(H,27,30)(H,28,31);3-6,9-11H,8H2,1-2H3,(H,24,28)(H,25,29);3-6,8,10-11H,9H2,1-2H3,(H,24,28)(H,26,29). The number of nitrogens with one attached hydrogen (secondary N) is 8. The van der Waals surface area contributed by atoms with E-state index in [4.69, 9.17) is 76.3 Å². The number of fused-ring (bicyclic) bond motifs is 4. The number of H-pyrrole nitrogens is 4. The van der Waals surface area contributed by atoms with Crippen molar-refractivity contribution in [1.82, 2.24) is 144 Å². The minimum absolute atomic E-state index is 0.166. The van der Waals surface area contributed by atoms with Gasteiger partial charge in [0.1, 0.15) is 92.6 Å². The van der Waals surface area contributed by atoms with Crippen LogP contribution in [0.3, 0.4) is 0 Å². The highest BCUT2D eigenvalue weighted by Gasteiger charge is 2.28. The van der Waals surface area contributed by atoms with E-state index in [-0.39, 0.29) is 22.8 Å². The normalized spacial score (nSPS) is 12.9. The average molecular weight is 1830 g/mol. The van der Waals surface area contributed by atoms with Crippen LogP contribution in [0, 0.1) is 57.2 Å². The molecule has 0 radical (unpaired) electrons. The van der Waals surface area contributed by atoms with Crippen molar-refractivity contribution in [2.45, 2.75) is 70.9 Å². The quantitative estimate of drug-likeness (QED) is 0.0312.